The fourth-order valence-corrected chi connectivity index (χ4v) is 12.2. The molecule has 16 heteroatoms. The molecule has 0 rings (SSSR count). The lowest BCUT2D eigenvalue weighted by molar-refractivity contribution is -0.152. The zero-order chi connectivity index (χ0) is 67.5. The number of amides is 2. The summed E-state index contributed by atoms with van der Waals surface area (Å²) in [7, 11) is 4.03. The summed E-state index contributed by atoms with van der Waals surface area (Å²) in [5, 5.41) is -0.396. The minimum absolute atomic E-state index is 0.0719. The van der Waals surface area contributed by atoms with E-state index in [-0.39, 0.29) is 73.9 Å². The van der Waals surface area contributed by atoms with E-state index in [4.69, 9.17) is 18.9 Å². The first kappa shape index (κ1) is 90.0. The second kappa shape index (κ2) is 69.7. The standard InChI is InChI=1S/C39H74N2O5S.C36H68N2O5S/c1-6-11-14-17-20-23-27-32-45-37(42)34-41(39(44)47-33-28-26-31-40(9-4)10-5)35-38(43)46-36(29-24-21-18-15-12-7-2)30-25-22-19-16-13-8-3;1-6-9-12-15-16-19-22-30-42-34(39)27-23-29-38(36(41)44-31-24-28-37(4)5)32-35(40)43-33(25-20-17-13-10-7-2)26-21-18-14-11-8-3/h23,27,36H,6-22,24-26,28-35H2,1-5H3;19,22,33H,6-18,20-21,23-32H2,1-5H3/b27-23-;22-19-. The van der Waals surface area contributed by atoms with Crippen molar-refractivity contribution in [3.8, 4) is 0 Å². The van der Waals surface area contributed by atoms with Gasteiger partial charge in [-0.05, 0) is 143 Å². The Hall–Kier alpha value is -3.08. The van der Waals surface area contributed by atoms with E-state index in [1.54, 1.807) is 4.90 Å². The van der Waals surface area contributed by atoms with Crippen LogP contribution in [0.4, 0.5) is 9.59 Å². The number of hydrogen-bond acceptors (Lipinski definition) is 14. The number of esters is 4. The Morgan fingerprint density at radius 3 is 1.13 bits per heavy atom. The van der Waals surface area contributed by atoms with E-state index in [0.717, 1.165) is 148 Å². The molecule has 0 bridgehead atoms. The van der Waals surface area contributed by atoms with E-state index >= 15 is 0 Å². The molecule has 14 nitrogen and oxygen atoms in total. The molecule has 0 atom stereocenters. The van der Waals surface area contributed by atoms with E-state index in [1.165, 1.54) is 157 Å². The van der Waals surface area contributed by atoms with E-state index in [9.17, 15) is 28.8 Å². The highest BCUT2D eigenvalue weighted by atomic mass is 32.2. The van der Waals surface area contributed by atoms with E-state index in [1.807, 2.05) is 32.3 Å². The van der Waals surface area contributed by atoms with Crippen molar-refractivity contribution in [2.45, 2.75) is 331 Å². The van der Waals surface area contributed by atoms with Crippen LogP contribution in [0.3, 0.4) is 0 Å². The summed E-state index contributed by atoms with van der Waals surface area (Å²) in [6.45, 7) is 21.8. The Morgan fingerprint density at radius 1 is 0.352 bits per heavy atom. The molecule has 0 spiro atoms. The predicted octanol–water partition coefficient (Wildman–Crippen LogP) is 20.3. The summed E-state index contributed by atoms with van der Waals surface area (Å²) in [5.74, 6) is -0.207. The van der Waals surface area contributed by atoms with Crippen LogP contribution >= 0.6 is 23.5 Å². The zero-order valence-electron chi connectivity index (χ0n) is 60.6. The van der Waals surface area contributed by atoms with Gasteiger partial charge in [-0.25, -0.2) is 0 Å². The van der Waals surface area contributed by atoms with Gasteiger partial charge in [0.05, 0.1) is 0 Å². The van der Waals surface area contributed by atoms with Crippen LogP contribution in [0, 0.1) is 0 Å². The molecule has 0 saturated heterocycles. The van der Waals surface area contributed by atoms with Crippen molar-refractivity contribution < 1.29 is 47.7 Å². The molecule has 534 valence electrons. The molecule has 0 aliphatic heterocycles. The van der Waals surface area contributed by atoms with Gasteiger partial charge in [0, 0.05) is 24.5 Å². The van der Waals surface area contributed by atoms with Gasteiger partial charge in [0.1, 0.15) is 45.1 Å². The number of ether oxygens (including phenoxy) is 4. The van der Waals surface area contributed by atoms with Gasteiger partial charge in [-0.3, -0.25) is 28.8 Å². The molecule has 0 aliphatic carbocycles. The average molecular weight is 1320 g/mol. The second-order valence-electron chi connectivity index (χ2n) is 25.3. The molecular weight excluding hydrogens is 1180 g/mol. The molecule has 0 aromatic rings. The molecule has 91 heavy (non-hydrogen) atoms. The van der Waals surface area contributed by atoms with Crippen molar-refractivity contribution in [3.05, 3.63) is 24.3 Å². The molecule has 0 radical (unpaired) electrons. The quantitative estimate of drug-likeness (QED) is 0.0246. The molecule has 0 unspecified atom stereocenters. The molecule has 0 saturated carbocycles. The average Bonchev–Trinajstić information content (AvgIpc) is 3.26. The number of unbranched alkanes of at least 4 members (excludes halogenated alkanes) is 27. The molecule has 0 aliphatic rings. The Labute approximate surface area is 568 Å². The van der Waals surface area contributed by atoms with Crippen LogP contribution in [0.15, 0.2) is 24.3 Å². The summed E-state index contributed by atoms with van der Waals surface area (Å²) in [6, 6.07) is 0. The van der Waals surface area contributed by atoms with Crippen molar-refractivity contribution in [3.63, 3.8) is 0 Å². The molecule has 0 N–H and O–H groups in total. The van der Waals surface area contributed by atoms with Gasteiger partial charge in [0.2, 0.25) is 0 Å². The fourth-order valence-electron chi connectivity index (χ4n) is 10.5. The Kier molecular flexibility index (Phi) is 69.0. The lowest BCUT2D eigenvalue weighted by Gasteiger charge is -2.24. The monoisotopic (exact) mass is 1320 g/mol. The number of nitrogens with zero attached hydrogens (tertiary/aromatic N) is 4. The third-order valence-corrected chi connectivity index (χ3v) is 18.3. The van der Waals surface area contributed by atoms with Gasteiger partial charge in [-0.2, -0.15) is 0 Å². The topological polar surface area (TPSA) is 152 Å². The Bertz CT molecular complexity index is 1720. The van der Waals surface area contributed by atoms with E-state index < -0.39 is 11.9 Å². The van der Waals surface area contributed by atoms with Crippen LogP contribution < -0.4 is 0 Å². The Morgan fingerprint density at radius 2 is 0.714 bits per heavy atom. The molecular formula is C75H142N4O10S2. The van der Waals surface area contributed by atoms with Crippen molar-refractivity contribution in [2.75, 3.05) is 91.2 Å². The predicted molar refractivity (Wildman–Crippen MR) is 388 cm³/mol. The normalized spacial score (nSPS) is 11.5. The lowest BCUT2D eigenvalue weighted by atomic mass is 10.0. The highest BCUT2D eigenvalue weighted by molar-refractivity contribution is 8.13. The third kappa shape index (κ3) is 62.8. The highest BCUT2D eigenvalue weighted by Crippen LogP contribution is 2.21. The maximum Gasteiger partial charge on any atom is 0.326 e. The number of thioether (sulfide) groups is 2. The molecule has 0 heterocycles. The molecule has 0 aromatic carbocycles. The highest BCUT2D eigenvalue weighted by Gasteiger charge is 2.25. The van der Waals surface area contributed by atoms with Crippen LogP contribution in [0.1, 0.15) is 319 Å². The van der Waals surface area contributed by atoms with Crippen LogP contribution in [-0.4, -0.2) is 157 Å². The summed E-state index contributed by atoms with van der Waals surface area (Å²) in [6.07, 6.45) is 52.4. The zero-order valence-corrected chi connectivity index (χ0v) is 62.3. The summed E-state index contributed by atoms with van der Waals surface area (Å²) in [4.78, 5) is 85.1. The van der Waals surface area contributed by atoms with Gasteiger partial charge in [0.15, 0.2) is 0 Å². The smallest absolute Gasteiger partial charge is 0.326 e. The summed E-state index contributed by atoms with van der Waals surface area (Å²) < 4.78 is 22.7. The van der Waals surface area contributed by atoms with Crippen LogP contribution in [-0.2, 0) is 38.1 Å². The van der Waals surface area contributed by atoms with Crippen molar-refractivity contribution in [1.29, 1.82) is 0 Å². The van der Waals surface area contributed by atoms with Gasteiger partial charge < -0.3 is 38.5 Å². The minimum atomic E-state index is -0.500. The largest absolute Gasteiger partial charge is 0.461 e. The number of carbonyl (C=O) groups excluding carboxylic acids is 6. The van der Waals surface area contributed by atoms with Crippen LogP contribution in [0.2, 0.25) is 0 Å². The van der Waals surface area contributed by atoms with E-state index in [0.29, 0.717) is 24.5 Å². The van der Waals surface area contributed by atoms with Gasteiger partial charge in [-0.15, -0.1) is 0 Å². The summed E-state index contributed by atoms with van der Waals surface area (Å²) >= 11 is 2.42. The SMILES string of the molecule is CCCCCC/C=C\COC(=O)CCCN(CC(=O)OC(CCCCCCC)CCCCCCC)C(=O)SCCCN(C)C.CCCCCC/C=C\COC(=O)CN(CC(=O)OC(CCCCCCCC)CCCCCCCC)C(=O)SCCCCN(CC)CC. The number of hydrogen-bond donors (Lipinski definition) is 0. The molecule has 0 aromatic heterocycles. The first-order valence-electron chi connectivity index (χ1n) is 37.5. The van der Waals surface area contributed by atoms with Crippen molar-refractivity contribution >= 4 is 57.9 Å². The maximum atomic E-state index is 13.3. The number of rotatable bonds is 63. The fraction of sp³-hybridized carbons (Fsp3) is 0.867. The van der Waals surface area contributed by atoms with Crippen LogP contribution in [0.5, 0.6) is 0 Å². The van der Waals surface area contributed by atoms with Gasteiger partial charge >= 0.3 is 23.9 Å². The summed E-state index contributed by atoms with van der Waals surface area (Å²) in [5.41, 5.74) is 0. The van der Waals surface area contributed by atoms with Crippen LogP contribution in [0.25, 0.3) is 0 Å². The molecule has 0 fully saturated rings. The maximum absolute atomic E-state index is 13.3. The number of carbonyl (C=O) groups is 6. The number of allylic oxidation sites excluding steroid dienone is 2. The Balaban J connectivity index is 0. The third-order valence-electron chi connectivity index (χ3n) is 16.3. The van der Waals surface area contributed by atoms with Gasteiger partial charge in [-0.1, -0.05) is 257 Å². The van der Waals surface area contributed by atoms with Crippen molar-refractivity contribution in [1.82, 2.24) is 19.6 Å². The van der Waals surface area contributed by atoms with Gasteiger partial charge in [0.25, 0.3) is 10.5 Å². The first-order valence-corrected chi connectivity index (χ1v) is 39.4. The minimum Gasteiger partial charge on any atom is -0.461 e. The molecule has 2 amide bonds. The van der Waals surface area contributed by atoms with E-state index in [2.05, 4.69) is 71.3 Å². The lowest BCUT2D eigenvalue weighted by Crippen LogP contribution is -2.39. The van der Waals surface area contributed by atoms with Crippen molar-refractivity contribution in [2.24, 2.45) is 0 Å². The second-order valence-corrected chi connectivity index (χ2v) is 27.3. The first-order chi connectivity index (χ1) is 44.2.